The van der Waals surface area contributed by atoms with Gasteiger partial charge in [0.15, 0.2) is 82.5 Å². The Hall–Kier alpha value is -7.24. The number of hydrogen-bond acceptors (Lipinski definition) is 2. The summed E-state index contributed by atoms with van der Waals surface area (Å²) in [6, 6.07) is 28.6. The van der Waals surface area contributed by atoms with Crippen molar-refractivity contribution in [3.8, 4) is 11.6 Å². The zero-order valence-corrected chi connectivity index (χ0v) is 34.7. The van der Waals surface area contributed by atoms with Gasteiger partial charge >= 0.3 is 5.88 Å². The number of halogens is 20. The fourth-order valence-electron chi connectivity index (χ4n) is 7.77. The van der Waals surface area contributed by atoms with Crippen molar-refractivity contribution in [2.75, 3.05) is 0 Å². The van der Waals surface area contributed by atoms with Crippen LogP contribution in [0.2, 0.25) is 0 Å². The number of ether oxygens (including phenoxy) is 1. The average Bonchev–Trinajstić information content (AvgIpc) is 3.35. The molecule has 1 heterocycles. The SMILES string of the molecule is Fc1c(F)c(F)c([B-](c2c(F)c(F)c(F)c(F)c2F)(c2c(F)c(F)c(F)c(F)c2F)c2c(F)c(F)c(F)c(F)c2F)c(F)c1F.Sc1ccccc1Oc1c2ccccc2cc[n+]1Cc1ccccc1. The topological polar surface area (TPSA) is 13.1 Å². The molecule has 0 N–H and O–H groups in total. The van der Waals surface area contributed by atoms with Crippen molar-refractivity contribution in [2.24, 2.45) is 0 Å². The minimum atomic E-state index is -7.22. The molecule has 24 heteroatoms. The van der Waals surface area contributed by atoms with E-state index in [2.05, 4.69) is 65.9 Å². The maximum atomic E-state index is 15.4. The summed E-state index contributed by atoms with van der Waals surface area (Å²) in [7, 11) is 0. The van der Waals surface area contributed by atoms with Crippen LogP contribution in [0, 0.1) is 116 Å². The monoisotopic (exact) mass is 1020 g/mol. The van der Waals surface area contributed by atoms with Gasteiger partial charge in [-0.05, 0) is 23.6 Å². The average molecular weight is 1020 g/mol. The number of fused-ring (bicyclic) bond motifs is 1. The highest BCUT2D eigenvalue weighted by Crippen LogP contribution is 2.33. The van der Waals surface area contributed by atoms with Gasteiger partial charge in [-0.1, -0.05) is 60.7 Å². The van der Waals surface area contributed by atoms with Gasteiger partial charge in [0.1, 0.15) is 58.4 Å². The zero-order valence-electron chi connectivity index (χ0n) is 33.8. The van der Waals surface area contributed by atoms with Crippen molar-refractivity contribution in [1.82, 2.24) is 0 Å². The van der Waals surface area contributed by atoms with Crippen LogP contribution in [0.25, 0.3) is 10.8 Å². The van der Waals surface area contributed by atoms with Gasteiger partial charge in [0.25, 0.3) is 0 Å². The maximum Gasteiger partial charge on any atom is 0.381 e. The smallest absolute Gasteiger partial charge is 0.381 e. The molecule has 0 fully saturated rings. The Morgan fingerprint density at radius 1 is 0.357 bits per heavy atom. The summed E-state index contributed by atoms with van der Waals surface area (Å²) in [4.78, 5) is 0.821. The van der Waals surface area contributed by atoms with Crippen molar-refractivity contribution in [2.45, 2.75) is 11.4 Å². The summed E-state index contributed by atoms with van der Waals surface area (Å²) < 4.78 is 302. The molecule has 0 spiro atoms. The van der Waals surface area contributed by atoms with E-state index in [1.807, 2.05) is 42.5 Å². The third-order valence-corrected chi connectivity index (χ3v) is 11.2. The first kappa shape index (κ1) is 50.6. The highest BCUT2D eigenvalue weighted by molar-refractivity contribution is 7.80. The lowest BCUT2D eigenvalue weighted by molar-refractivity contribution is -0.691. The van der Waals surface area contributed by atoms with E-state index >= 15 is 35.1 Å². The molecule has 0 aliphatic rings. The van der Waals surface area contributed by atoms with Crippen LogP contribution in [0.1, 0.15) is 5.56 Å². The molecule has 7 aromatic carbocycles. The molecule has 0 aliphatic carbocycles. The van der Waals surface area contributed by atoms with Crippen LogP contribution in [-0.4, -0.2) is 6.15 Å². The van der Waals surface area contributed by atoms with E-state index in [0.717, 1.165) is 33.8 Å². The fourth-order valence-corrected chi connectivity index (χ4v) is 7.98. The van der Waals surface area contributed by atoms with Gasteiger partial charge in [-0.15, -0.1) is 34.5 Å². The number of benzene rings is 7. The molecule has 70 heavy (non-hydrogen) atoms. The number of pyridine rings is 1. The minimum absolute atomic E-state index is 0.746. The molecule has 0 saturated carbocycles. The van der Waals surface area contributed by atoms with Crippen LogP contribution in [0.15, 0.2) is 96.0 Å². The molecule has 362 valence electrons. The van der Waals surface area contributed by atoms with Crippen molar-refractivity contribution in [3.63, 3.8) is 0 Å². The molecule has 2 nitrogen and oxygen atoms in total. The number of nitrogens with zero attached hydrogens (tertiary/aromatic N) is 1. The molecule has 8 aromatic rings. The molecular weight excluding hydrogens is 1010 g/mol. The predicted molar refractivity (Wildman–Crippen MR) is 213 cm³/mol. The number of para-hydroxylation sites is 1. The molecular formula is C46H18BF20NOS. The van der Waals surface area contributed by atoms with E-state index in [1.54, 1.807) is 0 Å². The van der Waals surface area contributed by atoms with Gasteiger partial charge in [0, 0.05) is 16.5 Å². The van der Waals surface area contributed by atoms with Gasteiger partial charge < -0.3 is 4.74 Å². The Kier molecular flexibility index (Phi) is 13.9. The Balaban J connectivity index is 0.000000242. The molecule has 0 unspecified atom stereocenters. The molecule has 0 radical (unpaired) electrons. The highest BCUT2D eigenvalue weighted by Gasteiger charge is 2.52. The summed E-state index contributed by atoms with van der Waals surface area (Å²) in [5.41, 5.74) is -13.1. The van der Waals surface area contributed by atoms with Crippen molar-refractivity contribution < 1.29 is 97.1 Å². The molecule has 0 saturated heterocycles. The standard InChI is InChI=1S/C24BF20.C22H17NOS/c26-5-1(6(27)14(35)21(42)13(5)34)25(2-7(28)15(36)22(43)16(37)8(2)29,3-9(30)17(38)23(44)18(39)10(3)31)4-11(32)19(40)24(45)20(41)12(4)33;25-21-13-7-6-12-20(21)24-22-19-11-5-4-10-18(19)14-15-23(22)16-17-8-2-1-3-9-17/h;1-15H,16H2/q-1;/p+1. The Bertz CT molecular complexity index is 3030. The lowest BCUT2D eigenvalue weighted by Gasteiger charge is -2.44. The summed E-state index contributed by atoms with van der Waals surface area (Å²) >= 11 is 4.52. The van der Waals surface area contributed by atoms with Gasteiger partial charge in [0.05, 0.1) is 5.39 Å². The molecule has 0 aliphatic heterocycles. The number of aromatic nitrogens is 1. The van der Waals surface area contributed by atoms with Crippen molar-refractivity contribution in [1.29, 1.82) is 0 Å². The van der Waals surface area contributed by atoms with Gasteiger partial charge in [-0.25, -0.2) is 87.8 Å². The van der Waals surface area contributed by atoms with Crippen LogP contribution < -0.4 is 31.2 Å². The van der Waals surface area contributed by atoms with Crippen molar-refractivity contribution >= 4 is 51.4 Å². The van der Waals surface area contributed by atoms with Gasteiger partial charge in [0.2, 0.25) is 0 Å². The number of thiol groups is 1. The first-order valence-corrected chi connectivity index (χ1v) is 19.6. The Morgan fingerprint density at radius 3 is 1.04 bits per heavy atom. The van der Waals surface area contributed by atoms with Crippen LogP contribution in [-0.2, 0) is 6.54 Å². The first-order chi connectivity index (χ1) is 33.0. The van der Waals surface area contributed by atoms with Crippen LogP contribution in [0.4, 0.5) is 87.8 Å². The highest BCUT2D eigenvalue weighted by atomic mass is 32.1. The summed E-state index contributed by atoms with van der Waals surface area (Å²) in [5, 5.41) is 2.23. The van der Waals surface area contributed by atoms with E-state index in [1.165, 1.54) is 5.56 Å². The second-order valence-corrected chi connectivity index (χ2v) is 15.2. The molecule has 0 bridgehead atoms. The summed E-state index contributed by atoms with van der Waals surface area (Å²) in [5.74, 6) is -69.8. The van der Waals surface area contributed by atoms with E-state index in [0.29, 0.717) is 0 Å². The van der Waals surface area contributed by atoms with Crippen molar-refractivity contribution in [3.05, 3.63) is 213 Å². The second kappa shape index (κ2) is 19.3. The van der Waals surface area contributed by atoms with Crippen LogP contribution in [0.5, 0.6) is 11.6 Å². The van der Waals surface area contributed by atoms with E-state index in [4.69, 9.17) is 4.74 Å². The van der Waals surface area contributed by atoms with E-state index in [-0.39, 0.29) is 0 Å². The molecule has 1 aromatic heterocycles. The Labute approximate surface area is 383 Å². The largest absolute Gasteiger partial charge is 0.403 e. The third kappa shape index (κ3) is 8.09. The quantitative estimate of drug-likeness (QED) is 0.0400. The van der Waals surface area contributed by atoms with Crippen LogP contribution in [0.3, 0.4) is 0 Å². The predicted octanol–water partition coefficient (Wildman–Crippen LogP) is 11.1. The lowest BCUT2D eigenvalue weighted by atomic mass is 9.12. The molecule has 0 amide bonds. The van der Waals surface area contributed by atoms with E-state index in [9.17, 15) is 52.7 Å². The first-order valence-electron chi connectivity index (χ1n) is 19.2. The maximum absolute atomic E-state index is 15.4. The molecule has 0 atom stereocenters. The minimum Gasteiger partial charge on any atom is -0.403 e. The molecule has 8 rings (SSSR count). The number of hydrogen-bond donors (Lipinski definition) is 1. The Morgan fingerprint density at radius 2 is 0.671 bits per heavy atom. The van der Waals surface area contributed by atoms with E-state index < -0.39 is 144 Å². The fraction of sp³-hybridized carbons (Fsp3) is 0.0217. The third-order valence-electron chi connectivity index (χ3n) is 10.9. The summed E-state index contributed by atoms with van der Waals surface area (Å²) in [6.07, 6.45) is -5.14. The zero-order chi connectivity index (χ0) is 51.4. The summed E-state index contributed by atoms with van der Waals surface area (Å²) in [6.45, 7) is 0.746. The van der Waals surface area contributed by atoms with Gasteiger partial charge in [-0.2, -0.15) is 4.57 Å². The van der Waals surface area contributed by atoms with Crippen LogP contribution >= 0.6 is 12.6 Å². The lowest BCUT2D eigenvalue weighted by Crippen LogP contribution is -2.81. The number of rotatable bonds is 8. The normalized spacial score (nSPS) is 11.6. The van der Waals surface area contributed by atoms with Gasteiger partial charge in [-0.3, -0.25) is 0 Å². The second-order valence-electron chi connectivity index (χ2n) is 14.7.